The molecule has 1 aromatic rings. The topological polar surface area (TPSA) is 52.7 Å². The number of likely N-dealkylation sites (N-methyl/N-ethyl adjacent to an activating group) is 1. The van der Waals surface area contributed by atoms with Gasteiger partial charge in [0.2, 0.25) is 11.8 Å². The predicted octanol–water partition coefficient (Wildman–Crippen LogP) is 2.36. The van der Waals surface area contributed by atoms with Gasteiger partial charge in [-0.15, -0.1) is 0 Å². The Balaban J connectivity index is 1.49. The van der Waals surface area contributed by atoms with E-state index in [9.17, 15) is 9.59 Å². The van der Waals surface area contributed by atoms with E-state index in [1.807, 2.05) is 19.0 Å². The van der Waals surface area contributed by atoms with Crippen molar-refractivity contribution in [1.82, 2.24) is 15.1 Å². The van der Waals surface area contributed by atoms with Crippen molar-refractivity contribution in [3.8, 4) is 0 Å². The van der Waals surface area contributed by atoms with E-state index in [1.54, 1.807) is 0 Å². The highest BCUT2D eigenvalue weighted by molar-refractivity contribution is 5.82. The average molecular weight is 357 g/mol. The molecule has 0 unspecified atom stereocenters. The lowest BCUT2D eigenvalue weighted by Gasteiger charge is -2.32. The van der Waals surface area contributed by atoms with Crippen LogP contribution in [0, 0.1) is 18.8 Å². The molecule has 1 heterocycles. The van der Waals surface area contributed by atoms with Crippen LogP contribution in [0.3, 0.4) is 0 Å². The van der Waals surface area contributed by atoms with E-state index in [0.29, 0.717) is 12.5 Å². The molecular formula is C21H31N3O2. The van der Waals surface area contributed by atoms with Crippen molar-refractivity contribution in [1.29, 1.82) is 0 Å². The molecule has 5 nitrogen and oxygen atoms in total. The number of rotatable bonds is 6. The van der Waals surface area contributed by atoms with Crippen molar-refractivity contribution in [2.24, 2.45) is 11.8 Å². The number of benzene rings is 1. The molecule has 1 aromatic carbocycles. The fourth-order valence-corrected chi connectivity index (χ4v) is 3.68. The van der Waals surface area contributed by atoms with Crippen molar-refractivity contribution in [2.75, 3.05) is 33.7 Å². The van der Waals surface area contributed by atoms with E-state index >= 15 is 0 Å². The van der Waals surface area contributed by atoms with E-state index in [0.717, 1.165) is 38.8 Å². The van der Waals surface area contributed by atoms with Crippen molar-refractivity contribution < 1.29 is 9.59 Å². The number of carbonyl (C=O) groups excluding carboxylic acids is 2. The summed E-state index contributed by atoms with van der Waals surface area (Å²) < 4.78 is 0. The third-order valence-electron chi connectivity index (χ3n) is 5.66. The number of hydrogen-bond acceptors (Lipinski definition) is 3. The van der Waals surface area contributed by atoms with Crippen LogP contribution in [0.5, 0.6) is 0 Å². The van der Waals surface area contributed by atoms with Crippen molar-refractivity contribution in [3.05, 3.63) is 35.4 Å². The van der Waals surface area contributed by atoms with Gasteiger partial charge in [0.1, 0.15) is 0 Å². The predicted molar refractivity (Wildman–Crippen MR) is 103 cm³/mol. The van der Waals surface area contributed by atoms with Gasteiger partial charge >= 0.3 is 0 Å². The van der Waals surface area contributed by atoms with Crippen LogP contribution >= 0.6 is 0 Å². The molecule has 1 aliphatic carbocycles. The molecule has 3 rings (SSSR count). The minimum atomic E-state index is 0.0269. The summed E-state index contributed by atoms with van der Waals surface area (Å²) in [5.41, 5.74) is 2.45. The second-order valence-electron chi connectivity index (χ2n) is 8.01. The van der Waals surface area contributed by atoms with Gasteiger partial charge in [0.25, 0.3) is 0 Å². The van der Waals surface area contributed by atoms with Crippen LogP contribution in [0.4, 0.5) is 0 Å². The molecule has 1 N–H and O–H groups in total. The van der Waals surface area contributed by atoms with Crippen molar-refractivity contribution in [3.63, 3.8) is 0 Å². The molecule has 0 spiro atoms. The maximum atomic E-state index is 12.6. The Morgan fingerprint density at radius 2 is 1.69 bits per heavy atom. The van der Waals surface area contributed by atoms with Gasteiger partial charge in [-0.1, -0.05) is 29.8 Å². The third kappa shape index (κ3) is 4.64. The molecule has 1 saturated carbocycles. The molecule has 2 amide bonds. The zero-order chi connectivity index (χ0) is 18.7. The largest absolute Gasteiger partial charge is 0.354 e. The molecule has 2 aliphatic rings. The number of carbonyl (C=O) groups is 2. The molecule has 5 heteroatoms. The van der Waals surface area contributed by atoms with E-state index in [2.05, 4.69) is 41.4 Å². The van der Waals surface area contributed by atoms with Gasteiger partial charge in [-0.05, 0) is 52.3 Å². The summed E-state index contributed by atoms with van der Waals surface area (Å²) in [4.78, 5) is 28.8. The summed E-state index contributed by atoms with van der Waals surface area (Å²) in [6.07, 6.45) is 3.65. The van der Waals surface area contributed by atoms with Gasteiger partial charge in [0.15, 0.2) is 0 Å². The zero-order valence-corrected chi connectivity index (χ0v) is 16.2. The number of amides is 2. The highest BCUT2D eigenvalue weighted by atomic mass is 16.2. The van der Waals surface area contributed by atoms with E-state index < -0.39 is 0 Å². The van der Waals surface area contributed by atoms with E-state index in [1.165, 1.54) is 11.1 Å². The van der Waals surface area contributed by atoms with E-state index in [-0.39, 0.29) is 23.8 Å². The molecule has 142 valence electrons. The molecule has 0 aromatic heterocycles. The minimum Gasteiger partial charge on any atom is -0.354 e. The van der Waals surface area contributed by atoms with Gasteiger partial charge in [-0.25, -0.2) is 0 Å². The highest BCUT2D eigenvalue weighted by Gasteiger charge is 2.36. The summed E-state index contributed by atoms with van der Waals surface area (Å²) >= 11 is 0. The average Bonchev–Trinajstić information content (AvgIpc) is 3.47. The van der Waals surface area contributed by atoms with Gasteiger partial charge in [0, 0.05) is 31.5 Å². The summed E-state index contributed by atoms with van der Waals surface area (Å²) in [7, 11) is 4.08. The van der Waals surface area contributed by atoms with Gasteiger partial charge in [-0.2, -0.15) is 0 Å². The molecule has 26 heavy (non-hydrogen) atoms. The molecule has 2 fully saturated rings. The quantitative estimate of drug-likeness (QED) is 0.850. The Labute approximate surface area is 156 Å². The first-order valence-electron chi connectivity index (χ1n) is 9.75. The summed E-state index contributed by atoms with van der Waals surface area (Å²) in [5, 5.41) is 3.14. The molecule has 0 bridgehead atoms. The number of aryl methyl sites for hydroxylation is 1. The van der Waals surface area contributed by atoms with Crippen molar-refractivity contribution in [2.45, 2.75) is 38.6 Å². The first-order valence-corrected chi connectivity index (χ1v) is 9.75. The highest BCUT2D eigenvalue weighted by Crippen LogP contribution is 2.32. The first-order chi connectivity index (χ1) is 12.5. The molecule has 1 saturated heterocycles. The van der Waals surface area contributed by atoms with Crippen LogP contribution in [0.2, 0.25) is 0 Å². The summed E-state index contributed by atoms with van der Waals surface area (Å²) in [6, 6.07) is 8.65. The monoisotopic (exact) mass is 357 g/mol. The lowest BCUT2D eigenvalue weighted by Crippen LogP contribution is -2.44. The lowest BCUT2D eigenvalue weighted by atomic mass is 9.95. The number of hydrogen-bond donors (Lipinski definition) is 1. The Morgan fingerprint density at radius 1 is 1.08 bits per heavy atom. The minimum absolute atomic E-state index is 0.0269. The van der Waals surface area contributed by atoms with Crippen LogP contribution in [0.25, 0.3) is 0 Å². The number of nitrogens with zero attached hydrogens (tertiary/aromatic N) is 2. The molecule has 1 aliphatic heterocycles. The normalized spacial score (nSPS) is 19.5. The van der Waals surface area contributed by atoms with Crippen LogP contribution in [-0.2, 0) is 9.59 Å². The number of likely N-dealkylation sites (tertiary alicyclic amines) is 1. The Bertz CT molecular complexity index is 629. The molecular weight excluding hydrogens is 326 g/mol. The summed E-state index contributed by atoms with van der Waals surface area (Å²) in [6.45, 7) is 4.14. The second kappa shape index (κ2) is 8.21. The fourth-order valence-electron chi connectivity index (χ4n) is 3.68. The first kappa shape index (κ1) is 18.9. The zero-order valence-electron chi connectivity index (χ0n) is 16.2. The second-order valence-corrected chi connectivity index (χ2v) is 8.01. The SMILES string of the molecule is Cc1ccc([C@@H](CNC(=O)C2CCN(C(=O)C3CC3)CC2)N(C)C)cc1. The van der Waals surface area contributed by atoms with Gasteiger partial charge < -0.3 is 15.1 Å². The smallest absolute Gasteiger partial charge is 0.225 e. The van der Waals surface area contributed by atoms with Crippen LogP contribution in [-0.4, -0.2) is 55.3 Å². The van der Waals surface area contributed by atoms with Gasteiger partial charge in [0.05, 0.1) is 6.04 Å². The number of piperidine rings is 1. The van der Waals surface area contributed by atoms with Gasteiger partial charge in [-0.3, -0.25) is 9.59 Å². The fraction of sp³-hybridized carbons (Fsp3) is 0.619. The van der Waals surface area contributed by atoms with Crippen LogP contribution in [0.15, 0.2) is 24.3 Å². The standard InChI is InChI=1S/C21H31N3O2/c1-15-4-6-16(7-5-15)19(23(2)3)14-22-20(25)17-10-12-24(13-11-17)21(26)18-8-9-18/h4-7,17-19H,8-14H2,1-3H3,(H,22,25)/t19-/m1/s1. The van der Waals surface area contributed by atoms with Crippen molar-refractivity contribution >= 4 is 11.8 Å². The maximum Gasteiger partial charge on any atom is 0.225 e. The maximum absolute atomic E-state index is 12.6. The van der Waals surface area contributed by atoms with Crippen LogP contribution < -0.4 is 5.32 Å². The Hall–Kier alpha value is -1.88. The Morgan fingerprint density at radius 3 is 2.23 bits per heavy atom. The molecule has 0 radical (unpaired) electrons. The lowest BCUT2D eigenvalue weighted by molar-refractivity contribution is -0.136. The van der Waals surface area contributed by atoms with E-state index in [4.69, 9.17) is 0 Å². The third-order valence-corrected chi connectivity index (χ3v) is 5.66. The molecule has 1 atom stereocenters. The Kier molecular flexibility index (Phi) is 5.97. The number of nitrogens with one attached hydrogen (secondary N) is 1. The van der Waals surface area contributed by atoms with Crippen LogP contribution in [0.1, 0.15) is 42.9 Å². The summed E-state index contributed by atoms with van der Waals surface area (Å²) in [5.74, 6) is 0.730.